The molecule has 0 rings (SSSR count). The second-order valence-corrected chi connectivity index (χ2v) is 9.41. The highest BCUT2D eigenvalue weighted by Crippen LogP contribution is 2.40. The van der Waals surface area contributed by atoms with Crippen LogP contribution in [0.4, 0.5) is 0 Å². The molecule has 0 bridgehead atoms. The standard InChI is InChI=1S/C14H33NO6P2.3H3N/c1-2-3-4-5-6-7-8-9-10-11-12-15(13-22(16,17)18)14-23(19,20)21;;;/h2-14H2,1H3,(H2,16,17,18)(H2,19,20,21);3*1H3. The molecular weight excluding hydrogens is 382 g/mol. The van der Waals surface area contributed by atoms with Crippen molar-refractivity contribution in [1.82, 2.24) is 23.4 Å². The number of unbranched alkanes of at least 4 members (excludes halogenated alkanes) is 9. The lowest BCUT2D eigenvalue weighted by molar-refractivity contribution is 0.273. The van der Waals surface area contributed by atoms with Crippen LogP contribution in [0, 0.1) is 0 Å². The molecule has 0 unspecified atom stereocenters. The summed E-state index contributed by atoms with van der Waals surface area (Å²) in [5, 5.41) is 0. The van der Waals surface area contributed by atoms with Gasteiger partial charge in [0.1, 0.15) is 12.6 Å². The van der Waals surface area contributed by atoms with E-state index in [4.69, 9.17) is 19.6 Å². The molecule has 0 saturated carbocycles. The Morgan fingerprint density at radius 1 is 0.615 bits per heavy atom. The molecule has 12 heteroatoms. The Hall–Kier alpha value is 0.140. The summed E-state index contributed by atoms with van der Waals surface area (Å²) in [6, 6.07) is 0. The van der Waals surface area contributed by atoms with Crippen molar-refractivity contribution in [3.63, 3.8) is 0 Å². The average Bonchev–Trinajstić information content (AvgIpc) is 2.37. The zero-order valence-corrected chi connectivity index (χ0v) is 18.0. The Balaban J connectivity index is -0.000000807. The summed E-state index contributed by atoms with van der Waals surface area (Å²) in [5.41, 5.74) is 0. The molecule has 0 spiro atoms. The molecule has 0 aliphatic heterocycles. The molecule has 0 aromatic heterocycles. The first-order chi connectivity index (χ1) is 10.6. The molecule has 164 valence electrons. The summed E-state index contributed by atoms with van der Waals surface area (Å²) in [6.45, 7) is 2.49. The first-order valence-electron chi connectivity index (χ1n) is 8.45. The van der Waals surface area contributed by atoms with Crippen LogP contribution in [0.1, 0.15) is 71.1 Å². The van der Waals surface area contributed by atoms with Gasteiger partial charge in [0, 0.05) is 0 Å². The normalized spacial score (nSPS) is 11.5. The molecule has 0 aliphatic rings. The molecular formula is C14H42N4O6P2. The highest BCUT2D eigenvalue weighted by atomic mass is 31.2. The molecule has 0 saturated heterocycles. The first-order valence-corrected chi connectivity index (χ1v) is 12.0. The van der Waals surface area contributed by atoms with Crippen molar-refractivity contribution < 1.29 is 28.7 Å². The first kappa shape index (κ1) is 33.7. The summed E-state index contributed by atoms with van der Waals surface area (Å²) in [4.78, 5) is 37.0. The van der Waals surface area contributed by atoms with Crippen LogP contribution in [0.2, 0.25) is 0 Å². The minimum atomic E-state index is -4.31. The minimum absolute atomic E-state index is 0. The van der Waals surface area contributed by atoms with Crippen molar-refractivity contribution in [3.8, 4) is 0 Å². The molecule has 0 heterocycles. The van der Waals surface area contributed by atoms with Crippen LogP contribution in [-0.4, -0.2) is 43.6 Å². The molecule has 10 nitrogen and oxygen atoms in total. The lowest BCUT2D eigenvalue weighted by atomic mass is 10.1. The third-order valence-corrected chi connectivity index (χ3v) is 5.13. The maximum atomic E-state index is 11.0. The summed E-state index contributed by atoms with van der Waals surface area (Å²) < 4.78 is 22.0. The van der Waals surface area contributed by atoms with Crippen LogP contribution >= 0.6 is 15.2 Å². The van der Waals surface area contributed by atoms with Crippen molar-refractivity contribution in [2.24, 2.45) is 0 Å². The highest BCUT2D eigenvalue weighted by molar-refractivity contribution is 7.52. The molecule has 0 aromatic carbocycles. The van der Waals surface area contributed by atoms with E-state index >= 15 is 0 Å². The largest absolute Gasteiger partial charge is 0.344 e. The predicted octanol–water partition coefficient (Wildman–Crippen LogP) is 3.97. The van der Waals surface area contributed by atoms with E-state index in [0.29, 0.717) is 13.0 Å². The lowest BCUT2D eigenvalue weighted by Gasteiger charge is -2.22. The number of hydrogen-bond acceptors (Lipinski definition) is 6. The summed E-state index contributed by atoms with van der Waals surface area (Å²) in [6.07, 6.45) is 10.2. The maximum Gasteiger partial charge on any atom is 0.339 e. The molecule has 0 fully saturated rings. The van der Waals surface area contributed by atoms with E-state index in [0.717, 1.165) is 19.3 Å². The fourth-order valence-corrected chi connectivity index (χ4v) is 4.21. The Bertz CT molecular complexity index is 368. The van der Waals surface area contributed by atoms with Gasteiger partial charge in [-0.05, 0) is 13.0 Å². The average molecular weight is 424 g/mol. The van der Waals surface area contributed by atoms with Crippen molar-refractivity contribution >= 4 is 15.2 Å². The lowest BCUT2D eigenvalue weighted by Crippen LogP contribution is -2.27. The van der Waals surface area contributed by atoms with E-state index in [-0.39, 0.29) is 18.5 Å². The van der Waals surface area contributed by atoms with Gasteiger partial charge in [0.05, 0.1) is 0 Å². The van der Waals surface area contributed by atoms with Crippen molar-refractivity contribution in [3.05, 3.63) is 0 Å². The van der Waals surface area contributed by atoms with Crippen LogP contribution < -0.4 is 18.5 Å². The Morgan fingerprint density at radius 2 is 0.923 bits per heavy atom. The third kappa shape index (κ3) is 26.4. The van der Waals surface area contributed by atoms with E-state index in [1.165, 1.54) is 43.4 Å². The Labute approximate surface area is 158 Å². The van der Waals surface area contributed by atoms with E-state index in [1.54, 1.807) is 0 Å². The molecule has 13 N–H and O–H groups in total. The highest BCUT2D eigenvalue weighted by Gasteiger charge is 2.25. The predicted molar refractivity (Wildman–Crippen MR) is 107 cm³/mol. The molecule has 26 heavy (non-hydrogen) atoms. The van der Waals surface area contributed by atoms with Crippen molar-refractivity contribution in [2.75, 3.05) is 19.1 Å². The van der Waals surface area contributed by atoms with Crippen LogP contribution in [0.5, 0.6) is 0 Å². The Morgan fingerprint density at radius 3 is 1.23 bits per heavy atom. The topological polar surface area (TPSA) is 223 Å². The van der Waals surface area contributed by atoms with E-state index in [2.05, 4.69) is 6.92 Å². The second-order valence-electron chi connectivity index (χ2n) is 6.19. The van der Waals surface area contributed by atoms with Crippen LogP contribution in [0.25, 0.3) is 0 Å². The zero-order chi connectivity index (χ0) is 17.8. The molecule has 0 atom stereocenters. The van der Waals surface area contributed by atoms with Gasteiger partial charge in [0.15, 0.2) is 0 Å². The van der Waals surface area contributed by atoms with Gasteiger partial charge in [-0.25, -0.2) is 0 Å². The molecule has 0 amide bonds. The fraction of sp³-hybridized carbons (Fsp3) is 1.00. The van der Waals surface area contributed by atoms with E-state index in [9.17, 15) is 9.13 Å². The van der Waals surface area contributed by atoms with E-state index in [1.807, 2.05) is 0 Å². The molecule has 0 radical (unpaired) electrons. The van der Waals surface area contributed by atoms with Gasteiger partial charge in [-0.15, -0.1) is 0 Å². The van der Waals surface area contributed by atoms with Crippen LogP contribution in [-0.2, 0) is 9.13 Å². The van der Waals surface area contributed by atoms with Crippen molar-refractivity contribution in [2.45, 2.75) is 71.1 Å². The minimum Gasteiger partial charge on any atom is -0.344 e. The fourth-order valence-electron chi connectivity index (χ4n) is 2.53. The van der Waals surface area contributed by atoms with E-state index < -0.39 is 27.8 Å². The smallest absolute Gasteiger partial charge is 0.339 e. The van der Waals surface area contributed by atoms with Gasteiger partial charge in [0.25, 0.3) is 0 Å². The summed E-state index contributed by atoms with van der Waals surface area (Å²) >= 11 is 0. The second kappa shape index (κ2) is 18.5. The van der Waals surface area contributed by atoms with Crippen molar-refractivity contribution in [1.29, 1.82) is 0 Å². The third-order valence-electron chi connectivity index (χ3n) is 3.60. The summed E-state index contributed by atoms with van der Waals surface area (Å²) in [7, 11) is -8.61. The van der Waals surface area contributed by atoms with Gasteiger partial charge >= 0.3 is 15.2 Å². The zero-order valence-electron chi connectivity index (χ0n) is 16.3. The van der Waals surface area contributed by atoms with Crippen LogP contribution in [0.3, 0.4) is 0 Å². The number of nitrogens with zero attached hydrogens (tertiary/aromatic N) is 1. The van der Waals surface area contributed by atoms with Gasteiger partial charge in [-0.2, -0.15) is 0 Å². The van der Waals surface area contributed by atoms with Gasteiger partial charge in [0.2, 0.25) is 0 Å². The van der Waals surface area contributed by atoms with Crippen LogP contribution in [0.15, 0.2) is 0 Å². The quantitative estimate of drug-likeness (QED) is 0.148. The SMILES string of the molecule is CCCCCCCCCCCCN(CP(=O)(O)O)CP(=O)(O)O.N.N.N. The van der Waals surface area contributed by atoms with Gasteiger partial charge in [-0.1, -0.05) is 64.7 Å². The van der Waals surface area contributed by atoms with Gasteiger partial charge in [-0.3, -0.25) is 14.0 Å². The monoisotopic (exact) mass is 424 g/mol. The molecule has 0 aromatic rings. The Kier molecular flexibility index (Phi) is 24.0. The number of hydrogen-bond donors (Lipinski definition) is 7. The maximum absolute atomic E-state index is 11.0. The number of rotatable bonds is 15. The van der Waals surface area contributed by atoms with Gasteiger partial charge < -0.3 is 38.0 Å². The molecule has 0 aliphatic carbocycles. The summed E-state index contributed by atoms with van der Waals surface area (Å²) in [5.74, 6) is 0.